The van der Waals surface area contributed by atoms with Crippen molar-refractivity contribution in [2.24, 2.45) is 0 Å². The average Bonchev–Trinajstić information content (AvgIpc) is 2.80. The Kier molecular flexibility index (Phi) is 8.13. The third-order valence-corrected chi connectivity index (χ3v) is 7.46. The van der Waals surface area contributed by atoms with E-state index in [-0.39, 0.29) is 24.6 Å². The Bertz CT molecular complexity index is 841. The fourth-order valence-electron chi connectivity index (χ4n) is 5.73. The van der Waals surface area contributed by atoms with Gasteiger partial charge in [-0.15, -0.1) is 0 Å². The standard InChI is InChI=1S/C27H39F3N2O2/c1-19(2)33-24-10-9-22(15-23(24)28)20(3)32-13-11-27(12-14-32)18-31(17-26(29)30)16-25(34-27)21-7-5-4-6-8-21/h7,15,19,25-26H,3-6,8-14,16-18H2,1-2H3. The summed E-state index contributed by atoms with van der Waals surface area (Å²) in [6.07, 6.45) is 8.46. The van der Waals surface area contributed by atoms with Gasteiger partial charge in [-0.25, -0.2) is 13.2 Å². The smallest absolute Gasteiger partial charge is 0.251 e. The summed E-state index contributed by atoms with van der Waals surface area (Å²) in [6.45, 7) is 10.4. The van der Waals surface area contributed by atoms with Gasteiger partial charge in [-0.3, -0.25) is 4.90 Å². The van der Waals surface area contributed by atoms with Gasteiger partial charge in [-0.05, 0) is 76.0 Å². The molecule has 1 spiro atoms. The summed E-state index contributed by atoms with van der Waals surface area (Å²) in [5.74, 6) is 0.105. The summed E-state index contributed by atoms with van der Waals surface area (Å²) >= 11 is 0. The van der Waals surface area contributed by atoms with Crippen LogP contribution in [0.25, 0.3) is 0 Å². The normalized spacial score (nSPS) is 26.2. The second-order valence-electron chi connectivity index (χ2n) is 10.4. The van der Waals surface area contributed by atoms with Crippen LogP contribution < -0.4 is 0 Å². The number of hydrogen-bond donors (Lipinski definition) is 0. The highest BCUT2D eigenvalue weighted by atomic mass is 19.3. The summed E-state index contributed by atoms with van der Waals surface area (Å²) in [5.41, 5.74) is 2.61. The Balaban J connectivity index is 1.42. The largest absolute Gasteiger partial charge is 0.492 e. The van der Waals surface area contributed by atoms with E-state index in [2.05, 4.69) is 17.6 Å². The fourth-order valence-corrected chi connectivity index (χ4v) is 5.73. The van der Waals surface area contributed by atoms with Crippen molar-refractivity contribution in [1.82, 2.24) is 9.80 Å². The first-order chi connectivity index (χ1) is 16.2. The van der Waals surface area contributed by atoms with Gasteiger partial charge < -0.3 is 14.4 Å². The monoisotopic (exact) mass is 480 g/mol. The van der Waals surface area contributed by atoms with Crippen LogP contribution in [0, 0.1) is 0 Å². The zero-order valence-electron chi connectivity index (χ0n) is 20.6. The van der Waals surface area contributed by atoms with Crippen LogP contribution in [-0.4, -0.2) is 66.8 Å². The number of rotatable bonds is 7. The number of nitrogens with zero attached hydrogens (tertiary/aromatic N) is 2. The average molecular weight is 481 g/mol. The number of hydrogen-bond acceptors (Lipinski definition) is 4. The van der Waals surface area contributed by atoms with E-state index in [1.165, 1.54) is 12.0 Å². The molecule has 4 aliphatic rings. The molecule has 34 heavy (non-hydrogen) atoms. The van der Waals surface area contributed by atoms with Crippen LogP contribution in [-0.2, 0) is 9.47 Å². The van der Waals surface area contributed by atoms with E-state index in [4.69, 9.17) is 9.47 Å². The molecular formula is C27H39F3N2O2. The molecule has 2 saturated heterocycles. The van der Waals surface area contributed by atoms with E-state index in [1.807, 2.05) is 18.7 Å². The number of halogens is 3. The summed E-state index contributed by atoms with van der Waals surface area (Å²) in [7, 11) is 0. The molecular weight excluding hydrogens is 441 g/mol. The molecule has 0 amide bonds. The maximum atomic E-state index is 14.6. The SMILES string of the molecule is C=C(C1=CC(F)=C(OC(C)C)CC1)N1CCC2(CC1)CN(CC(F)F)CC(C1=CCCCC1)O2. The Morgan fingerprint density at radius 2 is 1.97 bits per heavy atom. The topological polar surface area (TPSA) is 24.9 Å². The highest BCUT2D eigenvalue weighted by Gasteiger charge is 2.44. The van der Waals surface area contributed by atoms with Crippen LogP contribution >= 0.6 is 0 Å². The Hall–Kier alpha value is -1.73. The molecule has 0 aromatic carbocycles. The van der Waals surface area contributed by atoms with Gasteiger partial charge in [0.15, 0.2) is 5.83 Å². The van der Waals surface area contributed by atoms with Crippen molar-refractivity contribution in [3.05, 3.63) is 47.2 Å². The summed E-state index contributed by atoms with van der Waals surface area (Å²) in [6, 6.07) is 0. The van der Waals surface area contributed by atoms with Crippen LogP contribution in [0.4, 0.5) is 13.2 Å². The number of piperidine rings is 1. The zero-order valence-corrected chi connectivity index (χ0v) is 20.6. The first-order valence-corrected chi connectivity index (χ1v) is 12.8. The zero-order chi connectivity index (χ0) is 24.3. The lowest BCUT2D eigenvalue weighted by molar-refractivity contribution is -0.167. The molecule has 190 valence electrons. The Morgan fingerprint density at radius 3 is 2.59 bits per heavy atom. The van der Waals surface area contributed by atoms with Gasteiger partial charge >= 0.3 is 0 Å². The lowest BCUT2D eigenvalue weighted by Crippen LogP contribution is -2.60. The molecule has 0 saturated carbocycles. The van der Waals surface area contributed by atoms with Gasteiger partial charge in [0.2, 0.25) is 0 Å². The van der Waals surface area contributed by atoms with Crippen molar-refractivity contribution >= 4 is 0 Å². The van der Waals surface area contributed by atoms with Crippen molar-refractivity contribution in [3.8, 4) is 0 Å². The third-order valence-electron chi connectivity index (χ3n) is 7.46. The van der Waals surface area contributed by atoms with Crippen molar-refractivity contribution in [2.75, 3.05) is 32.7 Å². The van der Waals surface area contributed by atoms with Crippen LogP contribution in [0.15, 0.2) is 47.2 Å². The van der Waals surface area contributed by atoms with E-state index in [0.29, 0.717) is 31.7 Å². The third kappa shape index (κ3) is 6.09. The number of likely N-dealkylation sites (tertiary alicyclic amines) is 1. The molecule has 0 radical (unpaired) electrons. The van der Waals surface area contributed by atoms with Crippen LogP contribution in [0.5, 0.6) is 0 Å². The molecule has 2 aliphatic carbocycles. The van der Waals surface area contributed by atoms with Gasteiger partial charge in [0.25, 0.3) is 6.43 Å². The van der Waals surface area contributed by atoms with E-state index in [1.54, 1.807) is 6.08 Å². The van der Waals surface area contributed by atoms with Crippen LogP contribution in [0.1, 0.15) is 65.2 Å². The lowest BCUT2D eigenvalue weighted by Gasteiger charge is -2.51. The van der Waals surface area contributed by atoms with Gasteiger partial charge in [0, 0.05) is 38.3 Å². The molecule has 1 unspecified atom stereocenters. The Labute approximate surface area is 202 Å². The summed E-state index contributed by atoms with van der Waals surface area (Å²) in [4.78, 5) is 4.10. The highest BCUT2D eigenvalue weighted by molar-refractivity contribution is 5.37. The maximum absolute atomic E-state index is 14.6. The predicted octanol–water partition coefficient (Wildman–Crippen LogP) is 6.13. The second-order valence-corrected chi connectivity index (χ2v) is 10.4. The number of morpholine rings is 1. The highest BCUT2D eigenvalue weighted by Crippen LogP contribution is 2.39. The molecule has 2 fully saturated rings. The molecule has 2 aliphatic heterocycles. The van der Waals surface area contributed by atoms with E-state index in [9.17, 15) is 13.2 Å². The minimum atomic E-state index is -2.35. The molecule has 0 aromatic rings. The van der Waals surface area contributed by atoms with E-state index >= 15 is 0 Å². The minimum absolute atomic E-state index is 0.0504. The van der Waals surface area contributed by atoms with Gasteiger partial charge in [0.1, 0.15) is 5.76 Å². The number of allylic oxidation sites excluding steroid dienone is 5. The molecule has 7 heteroatoms. The first kappa shape index (κ1) is 25.4. The molecule has 1 atom stereocenters. The van der Waals surface area contributed by atoms with Crippen molar-refractivity contribution < 1.29 is 22.6 Å². The molecule has 4 nitrogen and oxygen atoms in total. The van der Waals surface area contributed by atoms with Gasteiger partial charge in [0.05, 0.1) is 24.4 Å². The maximum Gasteiger partial charge on any atom is 0.251 e. The van der Waals surface area contributed by atoms with Crippen molar-refractivity contribution in [2.45, 2.75) is 89.4 Å². The summed E-state index contributed by atoms with van der Waals surface area (Å²) < 4.78 is 53.4. The van der Waals surface area contributed by atoms with Crippen LogP contribution in [0.3, 0.4) is 0 Å². The predicted molar refractivity (Wildman–Crippen MR) is 128 cm³/mol. The second kappa shape index (κ2) is 10.9. The Morgan fingerprint density at radius 1 is 1.21 bits per heavy atom. The molecule has 0 N–H and O–H groups in total. The number of alkyl halides is 2. The van der Waals surface area contributed by atoms with Gasteiger partial charge in [-0.1, -0.05) is 12.7 Å². The quantitative estimate of drug-likeness (QED) is 0.410. The minimum Gasteiger partial charge on any atom is -0.492 e. The van der Waals surface area contributed by atoms with Crippen molar-refractivity contribution in [1.29, 1.82) is 0 Å². The lowest BCUT2D eigenvalue weighted by atomic mass is 9.85. The molecule has 2 heterocycles. The van der Waals surface area contributed by atoms with Gasteiger partial charge in [-0.2, -0.15) is 0 Å². The molecule has 0 bridgehead atoms. The summed E-state index contributed by atoms with van der Waals surface area (Å²) in [5, 5.41) is 0. The van der Waals surface area contributed by atoms with E-state index in [0.717, 1.165) is 56.5 Å². The van der Waals surface area contributed by atoms with Crippen LogP contribution in [0.2, 0.25) is 0 Å². The molecule has 4 rings (SSSR count). The van der Waals surface area contributed by atoms with E-state index < -0.39 is 12.0 Å². The fraction of sp³-hybridized carbons (Fsp3) is 0.704. The number of ether oxygens (including phenoxy) is 2. The first-order valence-electron chi connectivity index (χ1n) is 12.8. The van der Waals surface area contributed by atoms with Crippen molar-refractivity contribution in [3.63, 3.8) is 0 Å². The molecule has 0 aromatic heterocycles.